The Morgan fingerprint density at radius 3 is 2.31 bits per heavy atom. The molecule has 0 radical (unpaired) electrons. The summed E-state index contributed by atoms with van der Waals surface area (Å²) >= 11 is 5.98. The van der Waals surface area contributed by atoms with Crippen molar-refractivity contribution in [2.75, 3.05) is 32.1 Å². The third-order valence-electron chi connectivity index (χ3n) is 4.07. The van der Waals surface area contributed by atoms with Crippen molar-refractivity contribution in [1.82, 2.24) is 9.88 Å². The van der Waals surface area contributed by atoms with Gasteiger partial charge in [0.2, 0.25) is 17.3 Å². The molecule has 6 nitrogen and oxygen atoms in total. The highest BCUT2D eigenvalue weighted by Crippen LogP contribution is 2.30. The van der Waals surface area contributed by atoms with Crippen molar-refractivity contribution in [1.29, 1.82) is 0 Å². The normalized spacial score (nSPS) is 13.4. The second-order valence-corrected chi connectivity index (χ2v) is 6.81. The first-order valence-corrected chi connectivity index (χ1v) is 8.79. The van der Waals surface area contributed by atoms with Crippen molar-refractivity contribution >= 4 is 34.9 Å². The molecule has 2 aromatic rings. The molecule has 136 valence electrons. The number of carbonyl (C=O) groups excluding carboxylic acids is 2. The Morgan fingerprint density at radius 1 is 1.00 bits per heavy atom. The van der Waals surface area contributed by atoms with E-state index < -0.39 is 0 Å². The van der Waals surface area contributed by atoms with Crippen molar-refractivity contribution in [3.8, 4) is 0 Å². The highest BCUT2D eigenvalue weighted by molar-refractivity contribution is 6.30. The van der Waals surface area contributed by atoms with Gasteiger partial charge in [-0.05, 0) is 69.9 Å². The molecule has 0 bridgehead atoms. The third-order valence-corrected chi connectivity index (χ3v) is 4.32. The number of rotatable bonds is 7. The Labute approximate surface area is 157 Å². The maximum atomic E-state index is 12.0. The van der Waals surface area contributed by atoms with E-state index in [1.165, 1.54) is 12.2 Å². The number of unbranched alkanes of at least 4 members (excludes halogenated alkanes) is 1. The van der Waals surface area contributed by atoms with E-state index in [0.717, 1.165) is 25.1 Å². The lowest BCUT2D eigenvalue weighted by Crippen LogP contribution is -2.21. The summed E-state index contributed by atoms with van der Waals surface area (Å²) in [6.45, 7) is 1.61. The summed E-state index contributed by atoms with van der Waals surface area (Å²) in [7, 11) is 4.06. The minimum atomic E-state index is -0.345. The number of nitrogens with zero attached hydrogens (tertiary/aromatic N) is 3. The molecular formula is C19H20ClN3O3. The Balaban J connectivity index is 1.88. The first-order chi connectivity index (χ1) is 12.5. The predicted molar refractivity (Wildman–Crippen MR) is 101 cm³/mol. The molecular weight excluding hydrogens is 354 g/mol. The molecule has 26 heavy (non-hydrogen) atoms. The van der Waals surface area contributed by atoms with E-state index >= 15 is 0 Å². The molecule has 0 amide bonds. The average molecular weight is 374 g/mol. The van der Waals surface area contributed by atoms with Crippen LogP contribution in [0.5, 0.6) is 0 Å². The molecule has 3 rings (SSSR count). The SMILES string of the molecule is CN(C)CCCCN(c1ccc(Cl)cc1)c1nc2c(o1)C(=O)C=CC2=O. The van der Waals surface area contributed by atoms with Crippen LogP contribution in [0.2, 0.25) is 5.02 Å². The van der Waals surface area contributed by atoms with Crippen molar-refractivity contribution in [2.45, 2.75) is 12.8 Å². The third kappa shape index (κ3) is 4.03. The first kappa shape index (κ1) is 18.4. The van der Waals surface area contributed by atoms with Crippen LogP contribution < -0.4 is 4.90 Å². The smallest absolute Gasteiger partial charge is 0.303 e. The highest BCUT2D eigenvalue weighted by Gasteiger charge is 2.28. The maximum Gasteiger partial charge on any atom is 0.303 e. The summed E-state index contributed by atoms with van der Waals surface area (Å²) in [4.78, 5) is 32.2. The first-order valence-electron chi connectivity index (χ1n) is 8.41. The minimum absolute atomic E-state index is 0.000227. The average Bonchev–Trinajstić information content (AvgIpc) is 3.05. The molecule has 7 heteroatoms. The van der Waals surface area contributed by atoms with Crippen LogP contribution in [0.25, 0.3) is 0 Å². The Hall–Kier alpha value is -2.44. The van der Waals surface area contributed by atoms with Crippen LogP contribution in [-0.4, -0.2) is 48.6 Å². The molecule has 0 saturated heterocycles. The molecule has 1 aliphatic carbocycles. The summed E-state index contributed by atoms with van der Waals surface area (Å²) in [6, 6.07) is 7.53. The van der Waals surface area contributed by atoms with E-state index in [1.54, 1.807) is 12.1 Å². The van der Waals surface area contributed by atoms with Gasteiger partial charge in [-0.15, -0.1) is 0 Å². The van der Waals surface area contributed by atoms with Gasteiger partial charge in [0.1, 0.15) is 0 Å². The van der Waals surface area contributed by atoms with Crippen LogP contribution in [0.3, 0.4) is 0 Å². The van der Waals surface area contributed by atoms with Crippen LogP contribution >= 0.6 is 11.6 Å². The van der Waals surface area contributed by atoms with Crippen LogP contribution in [0.4, 0.5) is 11.7 Å². The molecule has 0 spiro atoms. The Kier molecular flexibility index (Phi) is 5.54. The number of hydrogen-bond acceptors (Lipinski definition) is 6. The van der Waals surface area contributed by atoms with Crippen molar-refractivity contribution < 1.29 is 14.0 Å². The molecule has 1 aromatic carbocycles. The summed E-state index contributed by atoms with van der Waals surface area (Å²) in [5, 5.41) is 0.627. The second kappa shape index (κ2) is 7.85. The van der Waals surface area contributed by atoms with Gasteiger partial charge in [-0.3, -0.25) is 14.5 Å². The number of fused-ring (bicyclic) bond motifs is 1. The number of aromatic nitrogens is 1. The fraction of sp³-hybridized carbons (Fsp3) is 0.316. The van der Waals surface area contributed by atoms with E-state index in [4.69, 9.17) is 16.0 Å². The van der Waals surface area contributed by atoms with E-state index in [9.17, 15) is 9.59 Å². The second-order valence-electron chi connectivity index (χ2n) is 6.37. The number of carbonyl (C=O) groups is 2. The predicted octanol–water partition coefficient (Wildman–Crippen LogP) is 3.74. The van der Waals surface area contributed by atoms with Gasteiger partial charge < -0.3 is 9.32 Å². The Bertz CT molecular complexity index is 805. The standard InChI is InChI=1S/C19H20ClN3O3/c1-22(2)11-3-4-12-23(14-7-5-13(20)6-8-14)19-21-17-15(24)9-10-16(25)18(17)26-19/h5-10H,3-4,11-12H2,1-2H3. The fourth-order valence-electron chi connectivity index (χ4n) is 2.72. The number of ketones is 2. The quantitative estimate of drug-likeness (QED) is 0.689. The van der Waals surface area contributed by atoms with Gasteiger partial charge in [-0.1, -0.05) is 11.6 Å². The summed E-state index contributed by atoms with van der Waals surface area (Å²) < 4.78 is 5.66. The topological polar surface area (TPSA) is 66.7 Å². The minimum Gasteiger partial charge on any atom is -0.419 e. The van der Waals surface area contributed by atoms with Crippen LogP contribution in [0.1, 0.15) is 33.9 Å². The number of hydrogen-bond donors (Lipinski definition) is 0. The van der Waals surface area contributed by atoms with E-state index in [1.807, 2.05) is 31.1 Å². The molecule has 0 saturated carbocycles. The van der Waals surface area contributed by atoms with Crippen molar-refractivity contribution in [2.24, 2.45) is 0 Å². The number of allylic oxidation sites excluding steroid dienone is 2. The van der Waals surface area contributed by atoms with E-state index in [-0.39, 0.29) is 29.0 Å². The highest BCUT2D eigenvalue weighted by atomic mass is 35.5. The molecule has 0 atom stereocenters. The van der Waals surface area contributed by atoms with Gasteiger partial charge in [-0.2, -0.15) is 4.98 Å². The number of benzene rings is 1. The van der Waals surface area contributed by atoms with Crippen LogP contribution in [-0.2, 0) is 0 Å². The maximum absolute atomic E-state index is 12.0. The molecule has 1 aliphatic rings. The zero-order chi connectivity index (χ0) is 18.7. The van der Waals surface area contributed by atoms with Crippen molar-refractivity contribution in [3.63, 3.8) is 0 Å². The van der Waals surface area contributed by atoms with E-state index in [0.29, 0.717) is 11.6 Å². The van der Waals surface area contributed by atoms with Gasteiger partial charge >= 0.3 is 6.01 Å². The lowest BCUT2D eigenvalue weighted by atomic mass is 10.1. The molecule has 1 heterocycles. The van der Waals surface area contributed by atoms with Crippen molar-refractivity contribution in [3.05, 3.63) is 52.9 Å². The number of oxazole rings is 1. The lowest BCUT2D eigenvalue weighted by Gasteiger charge is -2.21. The van der Waals surface area contributed by atoms with Gasteiger partial charge in [0.25, 0.3) is 0 Å². The lowest BCUT2D eigenvalue weighted by molar-refractivity contribution is 0.0974. The van der Waals surface area contributed by atoms with Crippen LogP contribution in [0, 0.1) is 0 Å². The van der Waals surface area contributed by atoms with Gasteiger partial charge in [0.15, 0.2) is 5.69 Å². The zero-order valence-corrected chi connectivity index (χ0v) is 15.5. The molecule has 0 unspecified atom stereocenters. The van der Waals surface area contributed by atoms with Gasteiger partial charge in [0.05, 0.1) is 0 Å². The molecule has 0 fully saturated rings. The summed E-state index contributed by atoms with van der Waals surface area (Å²) in [6.07, 6.45) is 4.33. The number of halogens is 1. The Morgan fingerprint density at radius 2 is 1.65 bits per heavy atom. The summed E-state index contributed by atoms with van der Waals surface area (Å²) in [5.74, 6) is -0.667. The largest absolute Gasteiger partial charge is 0.419 e. The zero-order valence-electron chi connectivity index (χ0n) is 14.7. The summed E-state index contributed by atoms with van der Waals surface area (Å²) in [5.41, 5.74) is 0.908. The molecule has 0 N–H and O–H groups in total. The number of anilines is 2. The molecule has 1 aromatic heterocycles. The fourth-order valence-corrected chi connectivity index (χ4v) is 2.84. The van der Waals surface area contributed by atoms with Gasteiger partial charge in [0, 0.05) is 17.3 Å². The molecule has 0 aliphatic heterocycles. The van der Waals surface area contributed by atoms with E-state index in [2.05, 4.69) is 9.88 Å². The van der Waals surface area contributed by atoms with Gasteiger partial charge in [-0.25, -0.2) is 0 Å². The van der Waals surface area contributed by atoms with Crippen LogP contribution in [0.15, 0.2) is 40.8 Å². The monoisotopic (exact) mass is 373 g/mol.